The van der Waals surface area contributed by atoms with Crippen LogP contribution in [0.4, 0.5) is 0 Å². The summed E-state index contributed by atoms with van der Waals surface area (Å²) in [6.45, 7) is 2.55. The largest absolute Gasteiger partial charge is 0.304 e. The Labute approximate surface area is 89.2 Å². The Morgan fingerprint density at radius 1 is 1.57 bits per heavy atom. The van der Waals surface area contributed by atoms with Gasteiger partial charge in [-0.1, -0.05) is 11.6 Å². The number of nitrogens with zero attached hydrogens (tertiary/aromatic N) is 2. The van der Waals surface area contributed by atoms with Gasteiger partial charge in [-0.25, -0.2) is 4.98 Å². The maximum absolute atomic E-state index is 7.85. The van der Waals surface area contributed by atoms with Crippen LogP contribution >= 0.6 is 11.6 Å². The zero-order valence-corrected chi connectivity index (χ0v) is 9.39. The molecule has 0 saturated heterocycles. The van der Waals surface area contributed by atoms with Crippen molar-refractivity contribution in [2.75, 3.05) is 20.6 Å². The Balaban J connectivity index is 2.90. The molecular weight excluding hydrogens is 198 g/mol. The molecule has 0 aliphatic rings. The summed E-state index contributed by atoms with van der Waals surface area (Å²) in [5.41, 5.74) is 2.43. The summed E-state index contributed by atoms with van der Waals surface area (Å²) in [7, 11) is 3.88. The molecular formula is C10H14ClN3. The Bertz CT molecular complexity index is 347. The van der Waals surface area contributed by atoms with E-state index < -0.39 is 0 Å². The van der Waals surface area contributed by atoms with E-state index in [1.165, 1.54) is 0 Å². The molecule has 0 spiro atoms. The number of nitrogens with one attached hydrogen (secondary N) is 1. The van der Waals surface area contributed by atoms with Crippen LogP contribution < -0.4 is 0 Å². The Hall–Kier alpha value is -0.930. The van der Waals surface area contributed by atoms with E-state index in [4.69, 9.17) is 17.0 Å². The summed E-state index contributed by atoms with van der Waals surface area (Å²) in [6, 6.07) is 1.78. The fourth-order valence-corrected chi connectivity index (χ4v) is 1.45. The predicted octanol–water partition coefficient (Wildman–Crippen LogP) is 1.97. The van der Waals surface area contributed by atoms with Crippen LogP contribution in [0, 0.1) is 12.3 Å². The van der Waals surface area contributed by atoms with Crippen LogP contribution in [-0.2, 0) is 0 Å². The number of rotatable bonds is 3. The maximum Gasteiger partial charge on any atom is 0.129 e. The van der Waals surface area contributed by atoms with Gasteiger partial charge in [0.15, 0.2) is 0 Å². The third kappa shape index (κ3) is 2.79. The molecule has 0 bridgehead atoms. The molecule has 1 aromatic rings. The highest BCUT2D eigenvalue weighted by Crippen LogP contribution is 2.12. The van der Waals surface area contributed by atoms with E-state index in [-0.39, 0.29) is 0 Å². The summed E-state index contributed by atoms with van der Waals surface area (Å²) in [4.78, 5) is 5.93. The summed E-state index contributed by atoms with van der Waals surface area (Å²) in [5.74, 6) is 0. The normalized spacial score (nSPS) is 10.6. The second-order valence-corrected chi connectivity index (χ2v) is 3.93. The second-order valence-electron chi connectivity index (χ2n) is 3.54. The van der Waals surface area contributed by atoms with Crippen molar-refractivity contribution >= 4 is 17.3 Å². The molecule has 3 nitrogen and oxygen atoms in total. The molecule has 0 amide bonds. The number of likely N-dealkylation sites (N-methyl/N-ethyl adjacent to an activating group) is 1. The Morgan fingerprint density at radius 3 is 2.71 bits per heavy atom. The summed E-state index contributed by atoms with van der Waals surface area (Å²) in [6.07, 6.45) is 1.66. The zero-order chi connectivity index (χ0) is 10.7. The van der Waals surface area contributed by atoms with Crippen molar-refractivity contribution in [3.8, 4) is 0 Å². The molecule has 1 heterocycles. The molecule has 14 heavy (non-hydrogen) atoms. The van der Waals surface area contributed by atoms with Gasteiger partial charge in [-0.2, -0.15) is 0 Å². The van der Waals surface area contributed by atoms with Gasteiger partial charge in [-0.05, 0) is 32.6 Å². The summed E-state index contributed by atoms with van der Waals surface area (Å²) in [5, 5.41) is 8.32. The van der Waals surface area contributed by atoms with E-state index in [0.717, 1.165) is 11.1 Å². The SMILES string of the molecule is Cc1cc(Cl)ncc1C(=N)CN(C)C. The monoisotopic (exact) mass is 211 g/mol. The molecule has 0 unspecified atom stereocenters. The van der Waals surface area contributed by atoms with Crippen molar-refractivity contribution in [1.29, 1.82) is 5.41 Å². The molecule has 1 N–H and O–H groups in total. The fraction of sp³-hybridized carbons (Fsp3) is 0.400. The van der Waals surface area contributed by atoms with Gasteiger partial charge in [0.2, 0.25) is 0 Å². The van der Waals surface area contributed by atoms with Gasteiger partial charge in [0.25, 0.3) is 0 Å². The van der Waals surface area contributed by atoms with Crippen LogP contribution in [0.2, 0.25) is 5.15 Å². The van der Waals surface area contributed by atoms with Gasteiger partial charge in [0.1, 0.15) is 5.15 Å². The molecule has 0 radical (unpaired) electrons. The van der Waals surface area contributed by atoms with Crippen LogP contribution in [0.15, 0.2) is 12.3 Å². The van der Waals surface area contributed by atoms with E-state index in [1.54, 1.807) is 12.3 Å². The first-order valence-electron chi connectivity index (χ1n) is 4.35. The molecule has 0 aliphatic heterocycles. The minimum absolute atomic E-state index is 0.476. The van der Waals surface area contributed by atoms with Crippen molar-refractivity contribution in [2.45, 2.75) is 6.92 Å². The van der Waals surface area contributed by atoms with Gasteiger partial charge in [0.05, 0.1) is 5.71 Å². The van der Waals surface area contributed by atoms with Crippen molar-refractivity contribution in [3.05, 3.63) is 28.5 Å². The molecule has 0 aromatic carbocycles. The van der Waals surface area contributed by atoms with E-state index in [0.29, 0.717) is 17.4 Å². The number of hydrogen-bond acceptors (Lipinski definition) is 3. The van der Waals surface area contributed by atoms with Crippen molar-refractivity contribution < 1.29 is 0 Å². The molecule has 0 fully saturated rings. The summed E-state index contributed by atoms with van der Waals surface area (Å²) < 4.78 is 0. The number of halogens is 1. The highest BCUT2D eigenvalue weighted by atomic mass is 35.5. The summed E-state index contributed by atoms with van der Waals surface area (Å²) >= 11 is 5.74. The average Bonchev–Trinajstić information content (AvgIpc) is 2.01. The van der Waals surface area contributed by atoms with Crippen LogP contribution in [0.3, 0.4) is 0 Å². The lowest BCUT2D eigenvalue weighted by molar-refractivity contribution is 0.469. The Kier molecular flexibility index (Phi) is 3.61. The standard InChI is InChI=1S/C10H14ClN3/c1-7-4-10(11)13-5-8(7)9(12)6-14(2)3/h4-5,12H,6H2,1-3H3. The molecule has 1 aromatic heterocycles. The molecule has 0 atom stereocenters. The smallest absolute Gasteiger partial charge is 0.129 e. The predicted molar refractivity (Wildman–Crippen MR) is 59.4 cm³/mol. The van der Waals surface area contributed by atoms with Crippen LogP contribution in [0.5, 0.6) is 0 Å². The molecule has 76 valence electrons. The number of aryl methyl sites for hydroxylation is 1. The van der Waals surface area contributed by atoms with E-state index in [1.807, 2.05) is 25.9 Å². The minimum Gasteiger partial charge on any atom is -0.304 e. The van der Waals surface area contributed by atoms with Gasteiger partial charge < -0.3 is 10.3 Å². The lowest BCUT2D eigenvalue weighted by Gasteiger charge is -2.12. The van der Waals surface area contributed by atoms with Gasteiger partial charge in [0, 0.05) is 18.3 Å². The lowest BCUT2D eigenvalue weighted by atomic mass is 10.1. The first-order valence-corrected chi connectivity index (χ1v) is 4.73. The highest BCUT2D eigenvalue weighted by molar-refractivity contribution is 6.29. The molecule has 4 heteroatoms. The van der Waals surface area contributed by atoms with Gasteiger partial charge in [-0.15, -0.1) is 0 Å². The first kappa shape index (κ1) is 11.1. The molecule has 0 saturated carbocycles. The zero-order valence-electron chi connectivity index (χ0n) is 8.63. The van der Waals surface area contributed by atoms with Crippen molar-refractivity contribution in [1.82, 2.24) is 9.88 Å². The van der Waals surface area contributed by atoms with Gasteiger partial charge in [-0.3, -0.25) is 0 Å². The maximum atomic E-state index is 7.85. The minimum atomic E-state index is 0.476. The van der Waals surface area contributed by atoms with Crippen LogP contribution in [0.1, 0.15) is 11.1 Å². The van der Waals surface area contributed by atoms with Crippen molar-refractivity contribution in [3.63, 3.8) is 0 Å². The Morgan fingerprint density at radius 2 is 2.21 bits per heavy atom. The number of aromatic nitrogens is 1. The van der Waals surface area contributed by atoms with Crippen LogP contribution in [0.25, 0.3) is 0 Å². The fourth-order valence-electron chi connectivity index (χ4n) is 1.24. The third-order valence-electron chi connectivity index (χ3n) is 1.88. The third-order valence-corrected chi connectivity index (χ3v) is 2.08. The quantitative estimate of drug-likeness (QED) is 0.614. The van der Waals surface area contributed by atoms with Gasteiger partial charge >= 0.3 is 0 Å². The topological polar surface area (TPSA) is 40.0 Å². The van der Waals surface area contributed by atoms with E-state index in [9.17, 15) is 0 Å². The number of hydrogen-bond donors (Lipinski definition) is 1. The molecule has 0 aliphatic carbocycles. The highest BCUT2D eigenvalue weighted by Gasteiger charge is 2.07. The average molecular weight is 212 g/mol. The lowest BCUT2D eigenvalue weighted by Crippen LogP contribution is -2.22. The molecule has 1 rings (SSSR count). The van der Waals surface area contributed by atoms with E-state index >= 15 is 0 Å². The van der Waals surface area contributed by atoms with Crippen molar-refractivity contribution in [2.24, 2.45) is 0 Å². The second kappa shape index (κ2) is 4.53. The first-order chi connectivity index (χ1) is 6.50. The van der Waals surface area contributed by atoms with E-state index in [2.05, 4.69) is 4.98 Å². The number of pyridine rings is 1. The van der Waals surface area contributed by atoms with Crippen LogP contribution in [-0.4, -0.2) is 36.2 Å².